The van der Waals surface area contributed by atoms with Gasteiger partial charge >= 0.3 is 0 Å². The van der Waals surface area contributed by atoms with E-state index in [1.54, 1.807) is 0 Å². The Bertz CT molecular complexity index is 2670. The van der Waals surface area contributed by atoms with Crippen LogP contribution in [0.2, 0.25) is 0 Å². The van der Waals surface area contributed by atoms with Crippen molar-refractivity contribution in [1.82, 2.24) is 0 Å². The highest BCUT2D eigenvalue weighted by atomic mass is 32.1. The maximum atomic E-state index is 8.58. The number of benzene rings is 7. The largest absolute Gasteiger partial charge is 0.135 e. The lowest BCUT2D eigenvalue weighted by Gasteiger charge is -2.23. The lowest BCUT2D eigenvalue weighted by Crippen LogP contribution is -2.14. The fourth-order valence-corrected chi connectivity index (χ4v) is 8.82. The SMILES string of the molecule is [2H]c1c([2H])c([2H])c(-c2cc3c(s2)-c2ccc(-c4c5ccccc5c(-c5cc(C)cc6ccccc56)c5ccccc45)cc2C3(C)C)c([2H])c1[2H]. The summed E-state index contributed by atoms with van der Waals surface area (Å²) >= 11 is 1.51. The molecule has 1 aromatic heterocycles. The lowest BCUT2D eigenvalue weighted by atomic mass is 9.80. The van der Waals surface area contributed by atoms with E-state index in [9.17, 15) is 0 Å². The highest BCUT2D eigenvalue weighted by Gasteiger charge is 2.38. The van der Waals surface area contributed by atoms with Crippen molar-refractivity contribution in [2.75, 3.05) is 0 Å². The normalized spacial score (nSPS) is 15.0. The van der Waals surface area contributed by atoms with E-state index >= 15 is 0 Å². The van der Waals surface area contributed by atoms with Gasteiger partial charge in [0.2, 0.25) is 0 Å². The molecule has 7 aromatic carbocycles. The maximum absolute atomic E-state index is 8.58. The molecule has 0 nitrogen and oxygen atoms in total. The average molecular weight is 598 g/mol. The van der Waals surface area contributed by atoms with Crippen molar-refractivity contribution in [1.29, 1.82) is 0 Å². The van der Waals surface area contributed by atoms with Gasteiger partial charge in [-0.2, -0.15) is 0 Å². The van der Waals surface area contributed by atoms with Crippen molar-refractivity contribution in [2.24, 2.45) is 0 Å². The Morgan fingerprint density at radius 3 is 1.87 bits per heavy atom. The predicted octanol–water partition coefficient (Wildman–Crippen LogP) is 12.8. The summed E-state index contributed by atoms with van der Waals surface area (Å²) < 4.78 is 41.7. The first-order valence-electron chi connectivity index (χ1n) is 17.9. The maximum Gasteiger partial charge on any atom is 0.0630 e. The van der Waals surface area contributed by atoms with E-state index in [2.05, 4.69) is 124 Å². The molecule has 9 rings (SSSR count). The number of thiophene rings is 1. The molecule has 45 heavy (non-hydrogen) atoms. The third-order valence-corrected chi connectivity index (χ3v) is 10.8. The predicted molar refractivity (Wildman–Crippen MR) is 195 cm³/mol. The zero-order chi connectivity index (χ0) is 34.6. The first kappa shape index (κ1) is 21.7. The van der Waals surface area contributed by atoms with Crippen LogP contribution in [0.15, 0.2) is 139 Å². The zero-order valence-corrected chi connectivity index (χ0v) is 26.1. The van der Waals surface area contributed by atoms with Gasteiger partial charge in [-0.25, -0.2) is 0 Å². The molecule has 0 radical (unpaired) electrons. The van der Waals surface area contributed by atoms with Crippen molar-refractivity contribution in [2.45, 2.75) is 26.2 Å². The number of hydrogen-bond acceptors (Lipinski definition) is 1. The first-order valence-corrected chi connectivity index (χ1v) is 16.2. The monoisotopic (exact) mass is 597 g/mol. The van der Waals surface area contributed by atoms with Crippen molar-refractivity contribution >= 4 is 43.7 Å². The van der Waals surface area contributed by atoms with Crippen LogP contribution in [-0.4, -0.2) is 0 Å². The van der Waals surface area contributed by atoms with E-state index < -0.39 is 0 Å². The fourth-order valence-electron chi connectivity index (χ4n) is 7.51. The Kier molecular flexibility index (Phi) is 4.70. The molecule has 0 aliphatic heterocycles. The Hall–Kier alpha value is -4.98. The van der Waals surface area contributed by atoms with Crippen LogP contribution >= 0.6 is 11.3 Å². The standard InChI is InChI=1S/C44H32S/c1-27-23-29-15-7-8-16-31(29)37(24-27)42-34-19-11-9-17-32(34)41(33-18-10-12-20-35(33)42)30-21-22-36-38(25-30)44(2,3)39-26-40(45-43(36)39)28-13-5-4-6-14-28/h4-26H,1-3H3/i4D,5D,6D,13D,14D. The molecule has 0 fully saturated rings. The van der Waals surface area contributed by atoms with Crippen molar-refractivity contribution in [3.05, 3.63) is 156 Å². The summed E-state index contributed by atoms with van der Waals surface area (Å²) in [5.41, 5.74) is 9.50. The molecule has 0 spiro atoms. The van der Waals surface area contributed by atoms with Crippen LogP contribution < -0.4 is 0 Å². The molecule has 0 atom stereocenters. The highest BCUT2D eigenvalue weighted by molar-refractivity contribution is 7.19. The first-order chi connectivity index (χ1) is 24.1. The minimum atomic E-state index is -0.369. The van der Waals surface area contributed by atoms with E-state index in [1.165, 1.54) is 71.5 Å². The lowest BCUT2D eigenvalue weighted by molar-refractivity contribution is 0.662. The van der Waals surface area contributed by atoms with Gasteiger partial charge in [-0.05, 0) is 101 Å². The Morgan fingerprint density at radius 1 is 0.556 bits per heavy atom. The number of aryl methyl sites for hydroxylation is 1. The molecule has 1 heteroatoms. The van der Waals surface area contributed by atoms with Crippen LogP contribution in [0, 0.1) is 6.92 Å². The van der Waals surface area contributed by atoms with Gasteiger partial charge in [-0.3, -0.25) is 0 Å². The summed E-state index contributed by atoms with van der Waals surface area (Å²) in [6.45, 7) is 6.62. The van der Waals surface area contributed by atoms with E-state index in [1.807, 2.05) is 6.07 Å². The van der Waals surface area contributed by atoms with Crippen molar-refractivity contribution in [3.63, 3.8) is 0 Å². The van der Waals surface area contributed by atoms with Gasteiger partial charge in [0.05, 0.1) is 6.85 Å². The molecular weight excluding hydrogens is 561 g/mol. The molecule has 0 saturated carbocycles. The van der Waals surface area contributed by atoms with E-state index in [4.69, 9.17) is 6.85 Å². The van der Waals surface area contributed by atoms with Gasteiger partial charge in [-0.1, -0.05) is 141 Å². The summed E-state index contributed by atoms with van der Waals surface area (Å²) in [6, 6.07) is 38.3. The van der Waals surface area contributed by atoms with Crippen LogP contribution in [0.3, 0.4) is 0 Å². The van der Waals surface area contributed by atoms with Crippen LogP contribution in [0.4, 0.5) is 0 Å². The van der Waals surface area contributed by atoms with Crippen LogP contribution in [0.25, 0.3) is 75.5 Å². The van der Waals surface area contributed by atoms with Crippen LogP contribution in [0.1, 0.15) is 37.4 Å². The molecule has 1 aliphatic carbocycles. The molecule has 0 unspecified atom stereocenters. The molecule has 8 aromatic rings. The minimum absolute atomic E-state index is 0.162. The van der Waals surface area contributed by atoms with Gasteiger partial charge in [0, 0.05) is 15.2 Å². The summed E-state index contributed by atoms with van der Waals surface area (Å²) in [4.78, 5) is 1.79. The molecular formula is C44H32S. The third kappa shape index (κ3) is 3.91. The van der Waals surface area contributed by atoms with Crippen LogP contribution in [-0.2, 0) is 5.41 Å². The fraction of sp³-hybridized carbons (Fsp3) is 0.0909. The van der Waals surface area contributed by atoms with Gasteiger partial charge in [0.25, 0.3) is 0 Å². The van der Waals surface area contributed by atoms with Crippen molar-refractivity contribution in [3.8, 4) is 43.1 Å². The second-order valence-electron chi connectivity index (χ2n) is 12.6. The average Bonchev–Trinajstić information content (AvgIpc) is 3.65. The Balaban J connectivity index is 1.27. The van der Waals surface area contributed by atoms with E-state index in [0.29, 0.717) is 4.88 Å². The van der Waals surface area contributed by atoms with Crippen LogP contribution in [0.5, 0.6) is 0 Å². The van der Waals surface area contributed by atoms with Crippen molar-refractivity contribution < 1.29 is 6.85 Å². The van der Waals surface area contributed by atoms with Gasteiger partial charge < -0.3 is 0 Å². The van der Waals surface area contributed by atoms with E-state index in [0.717, 1.165) is 21.6 Å². The smallest absolute Gasteiger partial charge is 0.0630 e. The Morgan fingerprint density at radius 2 is 1.18 bits per heavy atom. The second-order valence-corrected chi connectivity index (χ2v) is 13.7. The molecule has 0 amide bonds. The molecule has 1 aliphatic rings. The molecule has 0 N–H and O–H groups in total. The quantitative estimate of drug-likeness (QED) is 0.178. The molecule has 1 heterocycles. The number of fused-ring (bicyclic) bond motifs is 6. The summed E-state index contributed by atoms with van der Waals surface area (Å²) in [6.07, 6.45) is 0. The highest BCUT2D eigenvalue weighted by Crippen LogP contribution is 2.55. The number of hydrogen-bond donors (Lipinski definition) is 0. The third-order valence-electron chi connectivity index (χ3n) is 9.58. The van der Waals surface area contributed by atoms with Gasteiger partial charge in [0.1, 0.15) is 0 Å². The molecule has 0 saturated heterocycles. The summed E-state index contributed by atoms with van der Waals surface area (Å²) in [5, 5.41) is 7.34. The second kappa shape index (κ2) is 9.76. The summed E-state index contributed by atoms with van der Waals surface area (Å²) in [7, 11) is 0. The van der Waals surface area contributed by atoms with Gasteiger partial charge in [0.15, 0.2) is 0 Å². The minimum Gasteiger partial charge on any atom is -0.135 e. The molecule has 214 valence electrons. The molecule has 0 bridgehead atoms. The Labute approximate surface area is 275 Å². The summed E-state index contributed by atoms with van der Waals surface area (Å²) in [5.74, 6) is 0. The van der Waals surface area contributed by atoms with Gasteiger partial charge in [-0.15, -0.1) is 11.3 Å². The van der Waals surface area contributed by atoms with E-state index in [-0.39, 0.29) is 41.2 Å². The zero-order valence-electron chi connectivity index (χ0n) is 30.3. The number of rotatable bonds is 3. The topological polar surface area (TPSA) is 0 Å².